The molecule has 0 aromatic heterocycles. The third-order valence-electron chi connectivity index (χ3n) is 3.92. The number of nitrogens with zero attached hydrogens (tertiary/aromatic N) is 1. The Morgan fingerprint density at radius 3 is 2.74 bits per heavy atom. The minimum Gasteiger partial charge on any atom is -0.497 e. The van der Waals surface area contributed by atoms with E-state index in [0.29, 0.717) is 0 Å². The summed E-state index contributed by atoms with van der Waals surface area (Å²) in [4.78, 5) is 2.32. The first-order valence-electron chi connectivity index (χ1n) is 7.68. The number of nitrogens with one attached hydrogen (secondary N) is 2. The van der Waals surface area contributed by atoms with Gasteiger partial charge in [0.2, 0.25) is 0 Å². The summed E-state index contributed by atoms with van der Waals surface area (Å²) in [6.45, 7) is 3.36. The molecule has 2 aromatic carbocycles. The van der Waals surface area contributed by atoms with Crippen LogP contribution in [0.2, 0.25) is 0 Å². The van der Waals surface area contributed by atoms with Crippen molar-refractivity contribution in [2.45, 2.75) is 0 Å². The second-order valence-electron chi connectivity index (χ2n) is 5.37. The van der Waals surface area contributed by atoms with Crippen LogP contribution >= 0.6 is 0 Å². The molecule has 1 aliphatic rings. The molecule has 0 spiro atoms. The van der Waals surface area contributed by atoms with E-state index < -0.39 is 0 Å². The van der Waals surface area contributed by atoms with Crippen molar-refractivity contribution in [2.75, 3.05) is 43.6 Å². The molecule has 0 aliphatic carbocycles. The van der Waals surface area contributed by atoms with E-state index in [4.69, 9.17) is 14.9 Å². The van der Waals surface area contributed by atoms with E-state index in [0.717, 1.165) is 49.0 Å². The summed E-state index contributed by atoms with van der Waals surface area (Å²) in [5, 5.41) is 10.9. The Morgan fingerprint density at radius 2 is 2.00 bits per heavy atom. The molecular formula is C18H21N3O2. The van der Waals surface area contributed by atoms with E-state index in [-0.39, 0.29) is 0 Å². The molecule has 0 radical (unpaired) electrons. The Labute approximate surface area is 136 Å². The number of hydrogen-bond acceptors (Lipinski definition) is 5. The predicted octanol–water partition coefficient (Wildman–Crippen LogP) is 3.27. The number of morpholine rings is 1. The van der Waals surface area contributed by atoms with Gasteiger partial charge in [-0.25, -0.2) is 0 Å². The maximum Gasteiger partial charge on any atom is 0.120 e. The normalized spacial score (nSPS) is 14.4. The summed E-state index contributed by atoms with van der Waals surface area (Å²) in [5.74, 6) is 0.766. The largest absolute Gasteiger partial charge is 0.497 e. The van der Waals surface area contributed by atoms with Gasteiger partial charge in [0.1, 0.15) is 5.75 Å². The Kier molecular flexibility index (Phi) is 4.78. The fraction of sp³-hybridized carbons (Fsp3) is 0.278. The Balaban J connectivity index is 1.84. The standard InChI is InChI=1S/C18H21N3O2/c1-22-17-6-5-14(13-19)18(12-17)20-15-3-2-4-16(11-15)21-7-9-23-10-8-21/h2-6,11-13,19-20H,7-10H2,1H3. The zero-order chi connectivity index (χ0) is 16.1. The van der Waals surface area contributed by atoms with E-state index in [1.807, 2.05) is 30.3 Å². The van der Waals surface area contributed by atoms with Gasteiger partial charge in [-0.3, -0.25) is 0 Å². The Bertz CT molecular complexity index is 682. The number of rotatable bonds is 5. The first-order chi connectivity index (χ1) is 11.3. The molecule has 120 valence electrons. The molecule has 5 heteroatoms. The predicted molar refractivity (Wildman–Crippen MR) is 93.6 cm³/mol. The fourth-order valence-corrected chi connectivity index (χ4v) is 2.65. The van der Waals surface area contributed by atoms with Gasteiger partial charge in [-0.2, -0.15) is 0 Å². The smallest absolute Gasteiger partial charge is 0.120 e. The van der Waals surface area contributed by atoms with Crippen LogP contribution in [0.15, 0.2) is 42.5 Å². The molecule has 1 fully saturated rings. The van der Waals surface area contributed by atoms with Crippen molar-refractivity contribution in [3.8, 4) is 5.75 Å². The maximum atomic E-state index is 7.55. The van der Waals surface area contributed by atoms with Crippen LogP contribution in [-0.2, 0) is 4.74 Å². The average Bonchev–Trinajstić information content (AvgIpc) is 2.62. The van der Waals surface area contributed by atoms with Crippen molar-refractivity contribution in [1.29, 1.82) is 5.41 Å². The van der Waals surface area contributed by atoms with Crippen LogP contribution in [0.4, 0.5) is 17.1 Å². The monoisotopic (exact) mass is 311 g/mol. The summed E-state index contributed by atoms with van der Waals surface area (Å²) in [6, 6.07) is 13.9. The van der Waals surface area contributed by atoms with Crippen molar-refractivity contribution in [3.05, 3.63) is 48.0 Å². The van der Waals surface area contributed by atoms with Crippen LogP contribution in [0.25, 0.3) is 0 Å². The van der Waals surface area contributed by atoms with Gasteiger partial charge in [0.25, 0.3) is 0 Å². The molecule has 0 bridgehead atoms. The quantitative estimate of drug-likeness (QED) is 0.832. The molecule has 1 heterocycles. The summed E-state index contributed by atoms with van der Waals surface area (Å²) in [5.41, 5.74) is 3.85. The van der Waals surface area contributed by atoms with Gasteiger partial charge in [0, 0.05) is 42.3 Å². The van der Waals surface area contributed by atoms with E-state index in [1.165, 1.54) is 11.9 Å². The lowest BCUT2D eigenvalue weighted by Gasteiger charge is -2.29. The molecule has 1 saturated heterocycles. The number of methoxy groups -OCH3 is 1. The van der Waals surface area contributed by atoms with Gasteiger partial charge in [0.15, 0.2) is 0 Å². The average molecular weight is 311 g/mol. The molecule has 0 amide bonds. The third-order valence-corrected chi connectivity index (χ3v) is 3.92. The molecular weight excluding hydrogens is 290 g/mol. The van der Waals surface area contributed by atoms with Gasteiger partial charge in [-0.1, -0.05) is 6.07 Å². The molecule has 5 nitrogen and oxygen atoms in total. The minimum absolute atomic E-state index is 0.766. The second kappa shape index (κ2) is 7.15. The second-order valence-corrected chi connectivity index (χ2v) is 5.37. The minimum atomic E-state index is 0.766. The first-order valence-corrected chi connectivity index (χ1v) is 7.68. The molecule has 0 unspecified atom stereocenters. The summed E-state index contributed by atoms with van der Waals surface area (Å²) >= 11 is 0. The Morgan fingerprint density at radius 1 is 1.17 bits per heavy atom. The van der Waals surface area contributed by atoms with Gasteiger partial charge >= 0.3 is 0 Å². The highest BCUT2D eigenvalue weighted by atomic mass is 16.5. The van der Waals surface area contributed by atoms with Crippen LogP contribution < -0.4 is 15.0 Å². The lowest BCUT2D eigenvalue weighted by atomic mass is 10.1. The number of anilines is 3. The zero-order valence-corrected chi connectivity index (χ0v) is 13.2. The summed E-state index contributed by atoms with van der Waals surface area (Å²) < 4.78 is 10.7. The highest BCUT2D eigenvalue weighted by Gasteiger charge is 2.11. The summed E-state index contributed by atoms with van der Waals surface area (Å²) in [7, 11) is 1.64. The summed E-state index contributed by atoms with van der Waals surface area (Å²) in [6.07, 6.45) is 1.34. The van der Waals surface area contributed by atoms with E-state index >= 15 is 0 Å². The van der Waals surface area contributed by atoms with Crippen molar-refractivity contribution in [1.82, 2.24) is 0 Å². The van der Waals surface area contributed by atoms with Crippen molar-refractivity contribution in [2.24, 2.45) is 0 Å². The van der Waals surface area contributed by atoms with Crippen molar-refractivity contribution >= 4 is 23.3 Å². The molecule has 1 aliphatic heterocycles. The lowest BCUT2D eigenvalue weighted by Crippen LogP contribution is -2.36. The van der Waals surface area contributed by atoms with Crippen LogP contribution in [0.5, 0.6) is 5.75 Å². The third kappa shape index (κ3) is 3.63. The molecule has 2 aromatic rings. The number of hydrogen-bond donors (Lipinski definition) is 2. The van der Waals surface area contributed by atoms with Crippen molar-refractivity contribution in [3.63, 3.8) is 0 Å². The zero-order valence-electron chi connectivity index (χ0n) is 13.2. The van der Waals surface area contributed by atoms with Crippen LogP contribution in [0.3, 0.4) is 0 Å². The van der Waals surface area contributed by atoms with Crippen LogP contribution in [0, 0.1) is 5.41 Å². The fourth-order valence-electron chi connectivity index (χ4n) is 2.65. The topological polar surface area (TPSA) is 57.6 Å². The van der Waals surface area contributed by atoms with E-state index in [9.17, 15) is 0 Å². The molecule has 0 saturated carbocycles. The van der Waals surface area contributed by atoms with Crippen LogP contribution in [0.1, 0.15) is 5.56 Å². The van der Waals surface area contributed by atoms with E-state index in [1.54, 1.807) is 7.11 Å². The van der Waals surface area contributed by atoms with Gasteiger partial charge < -0.3 is 25.1 Å². The Hall–Kier alpha value is -2.53. The van der Waals surface area contributed by atoms with Gasteiger partial charge in [0.05, 0.1) is 26.0 Å². The van der Waals surface area contributed by atoms with E-state index in [2.05, 4.69) is 22.3 Å². The number of benzene rings is 2. The highest BCUT2D eigenvalue weighted by Crippen LogP contribution is 2.27. The molecule has 2 N–H and O–H groups in total. The molecule has 0 atom stereocenters. The molecule has 23 heavy (non-hydrogen) atoms. The van der Waals surface area contributed by atoms with Gasteiger partial charge in [-0.15, -0.1) is 0 Å². The highest BCUT2D eigenvalue weighted by molar-refractivity contribution is 5.88. The lowest BCUT2D eigenvalue weighted by molar-refractivity contribution is 0.122. The molecule has 3 rings (SSSR count). The van der Waals surface area contributed by atoms with Crippen LogP contribution in [-0.4, -0.2) is 39.6 Å². The SMILES string of the molecule is COc1ccc(C=N)c(Nc2cccc(N3CCOCC3)c2)c1. The van der Waals surface area contributed by atoms with Crippen molar-refractivity contribution < 1.29 is 9.47 Å². The number of ether oxygens (including phenoxy) is 2. The van der Waals surface area contributed by atoms with Gasteiger partial charge in [-0.05, 0) is 30.3 Å². The first kappa shape index (κ1) is 15.4. The maximum absolute atomic E-state index is 7.55.